The van der Waals surface area contributed by atoms with E-state index in [1.165, 1.54) is 0 Å². The van der Waals surface area contributed by atoms with Crippen LogP contribution in [0.15, 0.2) is 0 Å². The van der Waals surface area contributed by atoms with Crippen LogP contribution in [0.25, 0.3) is 0 Å². The van der Waals surface area contributed by atoms with Crippen LogP contribution in [0.1, 0.15) is 31.3 Å². The van der Waals surface area contributed by atoms with E-state index in [2.05, 4.69) is 9.69 Å². The monoisotopic (exact) mass is 377 g/mol. The Labute approximate surface area is 148 Å². The van der Waals surface area contributed by atoms with Crippen LogP contribution in [0.5, 0.6) is 0 Å². The molecule has 9 heteroatoms. The van der Waals surface area contributed by atoms with Gasteiger partial charge in [-0.05, 0) is 32.3 Å². The Bertz CT molecular complexity index is 646. The lowest BCUT2D eigenvalue weighted by atomic mass is 10.2. The van der Waals surface area contributed by atoms with Gasteiger partial charge in [0.15, 0.2) is 5.69 Å². The lowest BCUT2D eigenvalue weighted by molar-refractivity contribution is 0.0270. The number of fused-ring (bicyclic) bond motifs is 1. The van der Waals surface area contributed by atoms with E-state index in [1.807, 2.05) is 20.8 Å². The van der Waals surface area contributed by atoms with Crippen LogP contribution in [0.2, 0.25) is 9.36 Å². The largest absolute Gasteiger partial charge is 0.444 e. The third-order valence-electron chi connectivity index (χ3n) is 3.96. The van der Waals surface area contributed by atoms with Gasteiger partial charge in [-0.1, -0.05) is 23.2 Å². The van der Waals surface area contributed by atoms with Crippen LogP contribution in [0, 0.1) is 11.8 Å². The molecule has 2 unspecified atom stereocenters. The molecule has 1 saturated carbocycles. The Hall–Kier alpha value is -1.05. The molecule has 0 aromatic carbocycles. The van der Waals surface area contributed by atoms with Gasteiger partial charge in [-0.3, -0.25) is 4.79 Å². The number of aromatic nitrogens is 1. The topological polar surface area (TPSA) is 71.5 Å². The van der Waals surface area contributed by atoms with Crippen molar-refractivity contribution in [3.05, 3.63) is 15.1 Å². The molecule has 1 saturated heterocycles. The Balaban J connectivity index is 1.52. The second-order valence-electron chi connectivity index (χ2n) is 6.83. The minimum atomic E-state index is -0.502. The van der Waals surface area contributed by atoms with Crippen molar-refractivity contribution < 1.29 is 14.3 Å². The minimum Gasteiger partial charge on any atom is -0.444 e. The smallest absolute Gasteiger partial charge is 0.410 e. The quantitative estimate of drug-likeness (QED) is 0.859. The number of hydrogen-bond donors (Lipinski definition) is 1. The molecule has 0 spiro atoms. The highest BCUT2D eigenvalue weighted by atomic mass is 35.5. The standard InChI is InChI=1S/C14H17Cl2N3O3S/c1-14(2,3)22-13(21)19-4-6-7(5-19)9(6)17-12(20)10-8(15)11(16)23-18-10/h6-7,9H,4-5H2,1-3H3,(H,17,20). The maximum Gasteiger partial charge on any atom is 0.410 e. The molecule has 6 nitrogen and oxygen atoms in total. The number of carbonyl (C=O) groups is 2. The summed E-state index contributed by atoms with van der Waals surface area (Å²) >= 11 is 12.7. The van der Waals surface area contributed by atoms with Gasteiger partial charge in [0.1, 0.15) is 15.0 Å². The Kier molecular flexibility index (Phi) is 4.23. The molecule has 1 aliphatic heterocycles. The highest BCUT2D eigenvalue weighted by Gasteiger charge is 2.58. The summed E-state index contributed by atoms with van der Waals surface area (Å²) in [6.45, 7) is 6.71. The van der Waals surface area contributed by atoms with Gasteiger partial charge in [0.25, 0.3) is 5.91 Å². The Morgan fingerprint density at radius 1 is 1.30 bits per heavy atom. The third-order valence-corrected chi connectivity index (χ3v) is 5.57. The SMILES string of the molecule is CC(C)(C)OC(=O)N1CC2C(C1)C2NC(=O)c1nsc(Cl)c1Cl. The molecular formula is C14H17Cl2N3O3S. The average molecular weight is 378 g/mol. The first-order chi connectivity index (χ1) is 10.7. The van der Waals surface area contributed by atoms with Crippen molar-refractivity contribution in [1.82, 2.24) is 14.6 Å². The normalized spacial score (nSPS) is 26.0. The van der Waals surface area contributed by atoms with Crippen LogP contribution in [0.3, 0.4) is 0 Å². The number of nitrogens with zero attached hydrogens (tertiary/aromatic N) is 2. The van der Waals surface area contributed by atoms with E-state index in [-0.39, 0.29) is 40.6 Å². The summed E-state index contributed by atoms with van der Waals surface area (Å²) in [7, 11) is 0. The molecule has 0 radical (unpaired) electrons. The lowest BCUT2D eigenvalue weighted by Gasteiger charge is -2.26. The van der Waals surface area contributed by atoms with E-state index in [0.29, 0.717) is 17.4 Å². The molecular weight excluding hydrogens is 361 g/mol. The van der Waals surface area contributed by atoms with Gasteiger partial charge in [0.05, 0.1) is 0 Å². The van der Waals surface area contributed by atoms with E-state index in [0.717, 1.165) is 11.5 Å². The van der Waals surface area contributed by atoms with Crippen molar-refractivity contribution >= 4 is 46.7 Å². The zero-order valence-corrected chi connectivity index (χ0v) is 15.3. The van der Waals surface area contributed by atoms with Gasteiger partial charge in [0, 0.05) is 31.0 Å². The Morgan fingerprint density at radius 2 is 1.91 bits per heavy atom. The number of rotatable bonds is 2. The van der Waals surface area contributed by atoms with E-state index in [1.54, 1.807) is 4.90 Å². The maximum atomic E-state index is 12.1. The molecule has 2 amide bonds. The lowest BCUT2D eigenvalue weighted by Crippen LogP contribution is -2.40. The highest BCUT2D eigenvalue weighted by molar-refractivity contribution is 7.11. The predicted molar refractivity (Wildman–Crippen MR) is 88.2 cm³/mol. The van der Waals surface area contributed by atoms with Crippen molar-refractivity contribution in [2.45, 2.75) is 32.4 Å². The fourth-order valence-electron chi connectivity index (χ4n) is 2.84. The van der Waals surface area contributed by atoms with Crippen LogP contribution >= 0.6 is 34.7 Å². The average Bonchev–Trinajstić information content (AvgIpc) is 2.80. The van der Waals surface area contributed by atoms with Crippen LogP contribution < -0.4 is 5.32 Å². The number of carbonyl (C=O) groups excluding carboxylic acids is 2. The minimum absolute atomic E-state index is 0.0535. The summed E-state index contributed by atoms with van der Waals surface area (Å²) in [6, 6.07) is 0.0535. The highest BCUT2D eigenvalue weighted by Crippen LogP contribution is 2.46. The molecule has 1 aliphatic carbocycles. The Morgan fingerprint density at radius 3 is 2.39 bits per heavy atom. The summed E-state index contributed by atoms with van der Waals surface area (Å²) in [5.74, 6) is 0.208. The summed E-state index contributed by atoms with van der Waals surface area (Å²) in [5, 5.41) is 3.11. The number of amides is 2. The van der Waals surface area contributed by atoms with Crippen molar-refractivity contribution in [3.8, 4) is 0 Å². The van der Waals surface area contributed by atoms with Crippen molar-refractivity contribution in [1.29, 1.82) is 0 Å². The third kappa shape index (κ3) is 3.41. The summed E-state index contributed by atoms with van der Waals surface area (Å²) in [6.07, 6.45) is -0.302. The fourth-order valence-corrected chi connectivity index (χ4v) is 3.83. The summed E-state index contributed by atoms with van der Waals surface area (Å²) in [5.41, 5.74) is -0.339. The molecule has 1 N–H and O–H groups in total. The summed E-state index contributed by atoms with van der Waals surface area (Å²) < 4.78 is 9.62. The first-order valence-electron chi connectivity index (χ1n) is 7.27. The van der Waals surface area contributed by atoms with Gasteiger partial charge >= 0.3 is 6.09 Å². The van der Waals surface area contributed by atoms with Gasteiger partial charge < -0.3 is 15.0 Å². The fraction of sp³-hybridized carbons (Fsp3) is 0.643. The van der Waals surface area contributed by atoms with Gasteiger partial charge in [-0.25, -0.2) is 4.79 Å². The van der Waals surface area contributed by atoms with Crippen LogP contribution in [-0.4, -0.2) is 46.0 Å². The number of likely N-dealkylation sites (tertiary alicyclic amines) is 1. The van der Waals surface area contributed by atoms with E-state index >= 15 is 0 Å². The second-order valence-corrected chi connectivity index (χ2v) is 8.58. The molecule has 2 aliphatic rings. The zero-order chi connectivity index (χ0) is 16.9. The molecule has 2 heterocycles. The molecule has 1 aromatic heterocycles. The molecule has 23 heavy (non-hydrogen) atoms. The number of hydrogen-bond acceptors (Lipinski definition) is 5. The van der Waals surface area contributed by atoms with Gasteiger partial charge in [-0.15, -0.1) is 0 Å². The molecule has 3 rings (SSSR count). The van der Waals surface area contributed by atoms with Gasteiger partial charge in [0.2, 0.25) is 0 Å². The van der Waals surface area contributed by atoms with E-state index < -0.39 is 5.60 Å². The number of piperidine rings is 1. The number of ether oxygens (including phenoxy) is 1. The second kappa shape index (κ2) is 5.79. The first kappa shape index (κ1) is 16.8. The van der Waals surface area contributed by atoms with Crippen molar-refractivity contribution in [2.75, 3.05) is 13.1 Å². The predicted octanol–water partition coefficient (Wildman–Crippen LogP) is 3.05. The molecule has 2 fully saturated rings. The first-order valence-corrected chi connectivity index (χ1v) is 8.80. The van der Waals surface area contributed by atoms with Crippen molar-refractivity contribution in [2.24, 2.45) is 11.8 Å². The summed E-state index contributed by atoms with van der Waals surface area (Å²) in [4.78, 5) is 25.8. The number of nitrogens with one attached hydrogen (secondary N) is 1. The molecule has 0 bridgehead atoms. The van der Waals surface area contributed by atoms with E-state index in [9.17, 15) is 9.59 Å². The maximum absolute atomic E-state index is 12.1. The van der Waals surface area contributed by atoms with Crippen LogP contribution in [0.4, 0.5) is 4.79 Å². The van der Waals surface area contributed by atoms with E-state index in [4.69, 9.17) is 27.9 Å². The molecule has 126 valence electrons. The van der Waals surface area contributed by atoms with Crippen molar-refractivity contribution in [3.63, 3.8) is 0 Å². The zero-order valence-electron chi connectivity index (χ0n) is 12.9. The molecule has 1 aromatic rings. The van der Waals surface area contributed by atoms with Gasteiger partial charge in [-0.2, -0.15) is 4.37 Å². The molecule has 2 atom stereocenters. The number of halogens is 2. The van der Waals surface area contributed by atoms with Crippen LogP contribution in [-0.2, 0) is 4.74 Å².